The fourth-order valence-electron chi connectivity index (χ4n) is 2.66. The molecule has 8 heteroatoms. The number of halogens is 1. The minimum absolute atomic E-state index is 0.156. The first kappa shape index (κ1) is 18.8. The summed E-state index contributed by atoms with van der Waals surface area (Å²) in [7, 11) is 0. The van der Waals surface area contributed by atoms with E-state index in [1.165, 1.54) is 6.26 Å². The molecule has 0 aliphatic rings. The molecule has 2 aromatic heterocycles. The molecular formula is C21H16ClN3O4. The molecule has 2 heterocycles. The summed E-state index contributed by atoms with van der Waals surface area (Å²) in [6.07, 6.45) is 1.53. The molecule has 1 N–H and O–H groups in total. The third kappa shape index (κ3) is 4.30. The van der Waals surface area contributed by atoms with Gasteiger partial charge in [0, 0.05) is 5.02 Å². The van der Waals surface area contributed by atoms with E-state index in [0.717, 1.165) is 5.56 Å². The summed E-state index contributed by atoms with van der Waals surface area (Å²) in [5.74, 6) is 1.33. The molecule has 146 valence electrons. The van der Waals surface area contributed by atoms with Crippen LogP contribution in [0.1, 0.15) is 5.56 Å². The molecule has 7 nitrogen and oxygen atoms in total. The molecule has 0 atom stereocenters. The molecule has 0 saturated heterocycles. The van der Waals surface area contributed by atoms with Crippen molar-refractivity contribution in [2.45, 2.75) is 6.92 Å². The van der Waals surface area contributed by atoms with Crippen molar-refractivity contribution < 1.29 is 18.5 Å². The Bertz CT molecular complexity index is 1140. The number of benzene rings is 2. The SMILES string of the molecule is Cc1cc(OCC(=O)Nc2ccccc2-c2nc(-c3ccco3)no2)ccc1Cl. The van der Waals surface area contributed by atoms with Gasteiger partial charge in [0.05, 0.1) is 17.5 Å². The lowest BCUT2D eigenvalue weighted by molar-refractivity contribution is -0.118. The number of ether oxygens (including phenoxy) is 1. The third-order valence-corrected chi connectivity index (χ3v) is 4.52. The summed E-state index contributed by atoms with van der Waals surface area (Å²) >= 11 is 6.00. The van der Waals surface area contributed by atoms with Crippen LogP contribution in [0, 0.1) is 6.92 Å². The lowest BCUT2D eigenvalue weighted by Crippen LogP contribution is -2.20. The number of furan rings is 1. The van der Waals surface area contributed by atoms with Gasteiger partial charge in [0.1, 0.15) is 5.75 Å². The van der Waals surface area contributed by atoms with Crippen molar-refractivity contribution in [3.05, 3.63) is 71.4 Å². The first-order chi connectivity index (χ1) is 14.1. The smallest absolute Gasteiger partial charge is 0.262 e. The van der Waals surface area contributed by atoms with Gasteiger partial charge < -0.3 is 19.0 Å². The van der Waals surface area contributed by atoms with Crippen molar-refractivity contribution in [2.24, 2.45) is 0 Å². The van der Waals surface area contributed by atoms with Crippen molar-refractivity contribution in [1.29, 1.82) is 0 Å². The molecule has 0 radical (unpaired) electrons. The van der Waals surface area contributed by atoms with Gasteiger partial charge in [-0.1, -0.05) is 28.9 Å². The van der Waals surface area contributed by atoms with Crippen LogP contribution in [-0.2, 0) is 4.79 Å². The van der Waals surface area contributed by atoms with E-state index >= 15 is 0 Å². The van der Waals surface area contributed by atoms with Gasteiger partial charge in [0.25, 0.3) is 11.8 Å². The lowest BCUT2D eigenvalue weighted by atomic mass is 10.1. The van der Waals surface area contributed by atoms with E-state index in [4.69, 9.17) is 25.3 Å². The monoisotopic (exact) mass is 409 g/mol. The number of aromatic nitrogens is 2. The van der Waals surface area contributed by atoms with Crippen LogP contribution in [0.3, 0.4) is 0 Å². The number of nitrogens with one attached hydrogen (secondary N) is 1. The van der Waals surface area contributed by atoms with Crippen LogP contribution >= 0.6 is 11.6 Å². The highest BCUT2D eigenvalue weighted by molar-refractivity contribution is 6.31. The number of carbonyl (C=O) groups excluding carboxylic acids is 1. The third-order valence-electron chi connectivity index (χ3n) is 4.10. The van der Waals surface area contributed by atoms with Crippen LogP contribution < -0.4 is 10.1 Å². The predicted octanol–water partition coefficient (Wildman–Crippen LogP) is 4.98. The molecule has 4 aromatic rings. The van der Waals surface area contributed by atoms with Crippen LogP contribution in [-0.4, -0.2) is 22.7 Å². The zero-order valence-corrected chi connectivity index (χ0v) is 16.1. The Morgan fingerprint density at radius 2 is 2.03 bits per heavy atom. The summed E-state index contributed by atoms with van der Waals surface area (Å²) < 4.78 is 16.1. The summed E-state index contributed by atoms with van der Waals surface area (Å²) in [5.41, 5.74) is 2.00. The molecule has 0 spiro atoms. The fraction of sp³-hybridized carbons (Fsp3) is 0.0952. The second-order valence-corrected chi connectivity index (χ2v) is 6.60. The maximum atomic E-state index is 12.4. The zero-order valence-electron chi connectivity index (χ0n) is 15.4. The van der Waals surface area contributed by atoms with E-state index < -0.39 is 0 Å². The highest BCUT2D eigenvalue weighted by atomic mass is 35.5. The van der Waals surface area contributed by atoms with E-state index in [0.29, 0.717) is 33.6 Å². The number of anilines is 1. The molecular weight excluding hydrogens is 394 g/mol. The Kier molecular flexibility index (Phi) is 5.31. The average Bonchev–Trinajstić information content (AvgIpc) is 3.41. The molecule has 0 aliphatic carbocycles. The number of hydrogen-bond acceptors (Lipinski definition) is 6. The van der Waals surface area contributed by atoms with Crippen LogP contribution in [0.25, 0.3) is 23.0 Å². The van der Waals surface area contributed by atoms with Crippen molar-refractivity contribution in [1.82, 2.24) is 10.1 Å². The number of para-hydroxylation sites is 1. The van der Waals surface area contributed by atoms with Crippen molar-refractivity contribution >= 4 is 23.2 Å². The van der Waals surface area contributed by atoms with Crippen LogP contribution in [0.2, 0.25) is 5.02 Å². The topological polar surface area (TPSA) is 90.4 Å². The van der Waals surface area contributed by atoms with E-state index in [2.05, 4.69) is 15.5 Å². The molecule has 4 rings (SSSR count). The van der Waals surface area contributed by atoms with Gasteiger partial charge >= 0.3 is 0 Å². The highest BCUT2D eigenvalue weighted by Gasteiger charge is 2.16. The van der Waals surface area contributed by atoms with E-state index in [1.54, 1.807) is 48.5 Å². The van der Waals surface area contributed by atoms with Crippen molar-refractivity contribution in [3.8, 4) is 28.8 Å². The largest absolute Gasteiger partial charge is 0.484 e. The molecule has 2 aromatic carbocycles. The molecule has 0 bridgehead atoms. The molecule has 0 fully saturated rings. The van der Waals surface area contributed by atoms with Gasteiger partial charge in [0.15, 0.2) is 12.4 Å². The second kappa shape index (κ2) is 8.20. The van der Waals surface area contributed by atoms with Gasteiger partial charge in [-0.15, -0.1) is 0 Å². The molecule has 0 unspecified atom stereocenters. The van der Waals surface area contributed by atoms with Crippen LogP contribution in [0.5, 0.6) is 5.75 Å². The Morgan fingerprint density at radius 1 is 1.17 bits per heavy atom. The number of carbonyl (C=O) groups is 1. The van der Waals surface area contributed by atoms with Crippen molar-refractivity contribution in [2.75, 3.05) is 11.9 Å². The van der Waals surface area contributed by atoms with Gasteiger partial charge in [-0.25, -0.2) is 0 Å². The van der Waals surface area contributed by atoms with Crippen LogP contribution in [0.15, 0.2) is 69.8 Å². The Balaban J connectivity index is 1.47. The molecule has 0 aliphatic heterocycles. The highest BCUT2D eigenvalue weighted by Crippen LogP contribution is 2.28. The number of nitrogens with zero attached hydrogens (tertiary/aromatic N) is 2. The zero-order chi connectivity index (χ0) is 20.2. The molecule has 29 heavy (non-hydrogen) atoms. The van der Waals surface area contributed by atoms with Gasteiger partial charge in [-0.3, -0.25) is 4.79 Å². The normalized spacial score (nSPS) is 10.7. The lowest BCUT2D eigenvalue weighted by Gasteiger charge is -2.10. The minimum atomic E-state index is -0.323. The average molecular weight is 410 g/mol. The van der Waals surface area contributed by atoms with E-state index in [1.807, 2.05) is 13.0 Å². The maximum Gasteiger partial charge on any atom is 0.262 e. The summed E-state index contributed by atoms with van der Waals surface area (Å²) in [4.78, 5) is 16.7. The van der Waals surface area contributed by atoms with Gasteiger partial charge in [0.2, 0.25) is 5.82 Å². The predicted molar refractivity (Wildman–Crippen MR) is 108 cm³/mol. The summed E-state index contributed by atoms with van der Waals surface area (Å²) in [5, 5.41) is 7.37. The van der Waals surface area contributed by atoms with Gasteiger partial charge in [-0.2, -0.15) is 4.98 Å². The minimum Gasteiger partial charge on any atom is -0.484 e. The Labute approximate surface area is 171 Å². The van der Waals surface area contributed by atoms with E-state index in [-0.39, 0.29) is 18.4 Å². The van der Waals surface area contributed by atoms with Crippen molar-refractivity contribution in [3.63, 3.8) is 0 Å². The quantitative estimate of drug-likeness (QED) is 0.483. The first-order valence-electron chi connectivity index (χ1n) is 8.76. The van der Waals surface area contributed by atoms with Crippen LogP contribution in [0.4, 0.5) is 5.69 Å². The number of rotatable bonds is 6. The number of hydrogen-bond donors (Lipinski definition) is 1. The maximum absolute atomic E-state index is 12.4. The van der Waals surface area contributed by atoms with Gasteiger partial charge in [-0.05, 0) is 55.0 Å². The fourth-order valence-corrected chi connectivity index (χ4v) is 2.78. The molecule has 0 saturated carbocycles. The Hall–Kier alpha value is -3.58. The number of aryl methyl sites for hydroxylation is 1. The second-order valence-electron chi connectivity index (χ2n) is 6.19. The number of amides is 1. The standard InChI is InChI=1S/C21H16ClN3O4/c1-13-11-14(8-9-16(13)22)28-12-19(26)23-17-6-3-2-5-15(17)21-24-20(25-29-21)18-7-4-10-27-18/h2-11H,12H2,1H3,(H,23,26). The summed E-state index contributed by atoms with van der Waals surface area (Å²) in [6.45, 7) is 1.71. The Morgan fingerprint density at radius 3 is 2.83 bits per heavy atom. The molecule has 1 amide bonds. The first-order valence-corrected chi connectivity index (χ1v) is 9.14. The summed E-state index contributed by atoms with van der Waals surface area (Å²) in [6, 6.07) is 15.8. The van der Waals surface area contributed by atoms with E-state index in [9.17, 15) is 4.79 Å².